The van der Waals surface area contributed by atoms with E-state index in [1.807, 2.05) is 0 Å². The summed E-state index contributed by atoms with van der Waals surface area (Å²) in [4.78, 5) is 7.57. The van der Waals surface area contributed by atoms with Crippen molar-refractivity contribution in [2.45, 2.75) is 52.7 Å². The van der Waals surface area contributed by atoms with Crippen molar-refractivity contribution in [3.8, 4) is 0 Å². The minimum Gasteiger partial charge on any atom is -0.384 e. The number of anilines is 1. The van der Waals surface area contributed by atoms with Crippen LogP contribution in [0.4, 0.5) is 11.4 Å². The molecule has 0 amide bonds. The van der Waals surface area contributed by atoms with Gasteiger partial charge in [0.25, 0.3) is 0 Å². The standard InChI is InChI=1S/C33H36BN2O2P/c1-25-17-21-27(22-18-25)35-31(39(29-13-9-7-10-14-29)30-15-11-8-12-16-30)36(28-23-19-26(2)20-24-28)34-37-32(3,4)33(5,6)38-34/h7-24H,1-6H3. The van der Waals surface area contributed by atoms with Crippen molar-refractivity contribution >= 4 is 42.7 Å². The predicted molar refractivity (Wildman–Crippen MR) is 167 cm³/mol. The van der Waals surface area contributed by atoms with Gasteiger partial charge in [-0.15, -0.1) is 0 Å². The first-order valence-electron chi connectivity index (χ1n) is 13.4. The van der Waals surface area contributed by atoms with E-state index in [1.54, 1.807) is 0 Å². The Kier molecular flexibility index (Phi) is 7.78. The minimum absolute atomic E-state index is 0.502. The van der Waals surface area contributed by atoms with E-state index in [9.17, 15) is 0 Å². The molecule has 0 N–H and O–H groups in total. The molecule has 1 aliphatic heterocycles. The summed E-state index contributed by atoms with van der Waals surface area (Å²) in [7, 11) is -1.73. The molecular formula is C33H36BN2O2P. The normalized spacial score (nSPS) is 16.5. The zero-order chi connectivity index (χ0) is 27.6. The summed E-state index contributed by atoms with van der Waals surface area (Å²) < 4.78 is 13.4. The molecule has 4 aromatic carbocycles. The molecule has 6 heteroatoms. The number of aliphatic imine (C=N–C) groups is 1. The zero-order valence-electron chi connectivity index (χ0n) is 23.6. The predicted octanol–water partition coefficient (Wildman–Crippen LogP) is 7.52. The van der Waals surface area contributed by atoms with E-state index in [0.717, 1.165) is 17.0 Å². The highest BCUT2D eigenvalue weighted by Crippen LogP contribution is 2.44. The molecule has 4 nitrogen and oxygen atoms in total. The van der Waals surface area contributed by atoms with Gasteiger partial charge in [0, 0.05) is 13.6 Å². The first kappa shape index (κ1) is 27.3. The lowest BCUT2D eigenvalue weighted by Crippen LogP contribution is -2.47. The van der Waals surface area contributed by atoms with Crippen LogP contribution in [-0.2, 0) is 9.31 Å². The first-order chi connectivity index (χ1) is 18.6. The summed E-state index contributed by atoms with van der Waals surface area (Å²) in [6, 6.07) is 38.2. The SMILES string of the molecule is Cc1ccc(N=C(N(B2OC(C)(C)C(C)(C)O2)c2ccc(C)cc2)P(c2ccccc2)c2ccccc2)cc1. The maximum Gasteiger partial charge on any atom is 0.600 e. The molecule has 1 aliphatic rings. The first-order valence-corrected chi connectivity index (χ1v) is 14.8. The number of benzene rings is 4. The van der Waals surface area contributed by atoms with Crippen molar-refractivity contribution < 1.29 is 9.31 Å². The lowest BCUT2D eigenvalue weighted by Gasteiger charge is -2.33. The van der Waals surface area contributed by atoms with Crippen LogP contribution in [0.25, 0.3) is 0 Å². The average Bonchev–Trinajstić information content (AvgIpc) is 3.14. The summed E-state index contributed by atoms with van der Waals surface area (Å²) in [5.74, 6) is 0. The van der Waals surface area contributed by atoms with Crippen molar-refractivity contribution in [2.75, 3.05) is 4.81 Å². The van der Waals surface area contributed by atoms with E-state index in [1.165, 1.54) is 21.7 Å². The summed E-state index contributed by atoms with van der Waals surface area (Å²) in [5.41, 5.74) is 4.15. The quantitative estimate of drug-likeness (QED) is 0.111. The molecule has 0 bridgehead atoms. The summed E-state index contributed by atoms with van der Waals surface area (Å²) in [5, 5.41) is 2.41. The molecule has 1 fully saturated rings. The molecule has 0 aliphatic carbocycles. The molecular weight excluding hydrogens is 498 g/mol. The third-order valence-corrected chi connectivity index (χ3v) is 9.82. The Morgan fingerprint density at radius 2 is 1.08 bits per heavy atom. The maximum atomic E-state index is 6.70. The third-order valence-electron chi connectivity index (χ3n) is 7.47. The fourth-order valence-electron chi connectivity index (χ4n) is 4.43. The Morgan fingerprint density at radius 3 is 1.54 bits per heavy atom. The van der Waals surface area contributed by atoms with Crippen LogP contribution in [0.15, 0.2) is 114 Å². The van der Waals surface area contributed by atoms with Crippen molar-refractivity contribution in [2.24, 2.45) is 4.99 Å². The number of aryl methyl sites for hydroxylation is 2. The Labute approximate surface area is 234 Å². The molecule has 0 saturated carbocycles. The largest absolute Gasteiger partial charge is 0.600 e. The van der Waals surface area contributed by atoms with Gasteiger partial charge in [-0.2, -0.15) is 0 Å². The molecule has 0 unspecified atom stereocenters. The minimum atomic E-state index is -1.08. The number of hydrogen-bond donors (Lipinski definition) is 0. The van der Waals surface area contributed by atoms with Gasteiger partial charge in [-0.3, -0.25) is 0 Å². The van der Waals surface area contributed by atoms with E-state index in [0.29, 0.717) is 0 Å². The summed E-state index contributed by atoms with van der Waals surface area (Å²) in [6.45, 7) is 12.6. The lowest BCUT2D eigenvalue weighted by molar-refractivity contribution is 0.00578. The van der Waals surface area contributed by atoms with E-state index in [-0.39, 0.29) is 0 Å². The van der Waals surface area contributed by atoms with Gasteiger partial charge >= 0.3 is 7.25 Å². The van der Waals surface area contributed by atoms with Crippen LogP contribution in [0.5, 0.6) is 0 Å². The Balaban J connectivity index is 1.77. The molecule has 0 spiro atoms. The fourth-order valence-corrected chi connectivity index (χ4v) is 6.78. The monoisotopic (exact) mass is 534 g/mol. The Morgan fingerprint density at radius 1 is 0.641 bits per heavy atom. The molecule has 0 atom stereocenters. The zero-order valence-corrected chi connectivity index (χ0v) is 24.5. The Bertz CT molecular complexity index is 1370. The smallest absolute Gasteiger partial charge is 0.384 e. The molecule has 4 aromatic rings. The second kappa shape index (κ2) is 11.1. The lowest BCUT2D eigenvalue weighted by atomic mass is 9.90. The number of amidine groups is 1. The van der Waals surface area contributed by atoms with Crippen LogP contribution in [-0.4, -0.2) is 24.0 Å². The molecule has 198 valence electrons. The van der Waals surface area contributed by atoms with Gasteiger partial charge in [0.15, 0.2) is 0 Å². The Hall–Kier alpha value is -3.24. The van der Waals surface area contributed by atoms with Gasteiger partial charge in [-0.05, 0) is 76.4 Å². The van der Waals surface area contributed by atoms with Gasteiger partial charge < -0.3 is 14.1 Å². The number of nitrogens with zero attached hydrogens (tertiary/aromatic N) is 2. The number of rotatable bonds is 6. The van der Waals surface area contributed by atoms with E-state index in [4.69, 9.17) is 14.3 Å². The second-order valence-electron chi connectivity index (χ2n) is 11.0. The molecule has 1 saturated heterocycles. The van der Waals surface area contributed by atoms with Crippen molar-refractivity contribution in [1.29, 1.82) is 0 Å². The molecule has 39 heavy (non-hydrogen) atoms. The topological polar surface area (TPSA) is 34.1 Å². The van der Waals surface area contributed by atoms with E-state index >= 15 is 0 Å². The highest BCUT2D eigenvalue weighted by Gasteiger charge is 2.56. The van der Waals surface area contributed by atoms with E-state index in [2.05, 4.69) is 156 Å². The second-order valence-corrected chi connectivity index (χ2v) is 13.1. The maximum absolute atomic E-state index is 6.70. The van der Waals surface area contributed by atoms with Gasteiger partial charge in [-0.25, -0.2) is 4.99 Å². The molecule has 0 radical (unpaired) electrons. The van der Waals surface area contributed by atoms with Crippen LogP contribution in [0, 0.1) is 13.8 Å². The van der Waals surface area contributed by atoms with Crippen LogP contribution in [0.2, 0.25) is 0 Å². The number of hydrogen-bond acceptors (Lipinski definition) is 3. The molecule has 5 rings (SSSR count). The van der Waals surface area contributed by atoms with Crippen LogP contribution in [0.1, 0.15) is 38.8 Å². The van der Waals surface area contributed by atoms with Gasteiger partial charge in [0.2, 0.25) is 0 Å². The average molecular weight is 534 g/mol. The van der Waals surface area contributed by atoms with Crippen molar-refractivity contribution in [3.05, 3.63) is 120 Å². The highest BCUT2D eigenvalue weighted by atomic mass is 31.1. The van der Waals surface area contributed by atoms with Gasteiger partial charge in [-0.1, -0.05) is 96.1 Å². The fraction of sp³-hybridized carbons (Fsp3) is 0.242. The van der Waals surface area contributed by atoms with Crippen LogP contribution in [0.3, 0.4) is 0 Å². The summed E-state index contributed by atoms with van der Waals surface area (Å²) >= 11 is 0. The summed E-state index contributed by atoms with van der Waals surface area (Å²) in [6.07, 6.45) is 0. The third kappa shape index (κ3) is 5.87. The van der Waals surface area contributed by atoms with Crippen molar-refractivity contribution in [3.63, 3.8) is 0 Å². The molecule has 0 aromatic heterocycles. The van der Waals surface area contributed by atoms with Crippen LogP contribution < -0.4 is 15.4 Å². The van der Waals surface area contributed by atoms with Gasteiger partial charge in [0.05, 0.1) is 16.9 Å². The molecule has 1 heterocycles. The highest BCUT2D eigenvalue weighted by molar-refractivity contribution is 7.88. The van der Waals surface area contributed by atoms with E-state index < -0.39 is 26.4 Å². The van der Waals surface area contributed by atoms with Gasteiger partial charge in [0.1, 0.15) is 5.58 Å². The van der Waals surface area contributed by atoms with Crippen molar-refractivity contribution in [1.82, 2.24) is 0 Å². The van der Waals surface area contributed by atoms with Crippen LogP contribution >= 0.6 is 7.92 Å².